The van der Waals surface area contributed by atoms with E-state index in [1.165, 1.54) is 11.1 Å². The highest BCUT2D eigenvalue weighted by Crippen LogP contribution is 2.43. The quantitative estimate of drug-likeness (QED) is 0.711. The highest BCUT2D eigenvalue weighted by molar-refractivity contribution is 5.84. The molecule has 32 heavy (non-hydrogen) atoms. The Morgan fingerprint density at radius 1 is 1.06 bits per heavy atom. The van der Waals surface area contributed by atoms with Gasteiger partial charge in [0.15, 0.2) is 0 Å². The Morgan fingerprint density at radius 3 is 2.66 bits per heavy atom. The molecule has 1 spiro atoms. The van der Waals surface area contributed by atoms with Crippen molar-refractivity contribution in [3.05, 3.63) is 41.5 Å². The van der Waals surface area contributed by atoms with E-state index in [0.29, 0.717) is 19.4 Å². The average Bonchev–Trinajstić information content (AvgIpc) is 3.19. The maximum Gasteiger partial charge on any atom is 0.227 e. The molecule has 0 saturated carbocycles. The monoisotopic (exact) mass is 437 g/mol. The molecule has 1 aromatic rings. The van der Waals surface area contributed by atoms with E-state index >= 15 is 0 Å². The number of ether oxygens (including phenoxy) is 1. The van der Waals surface area contributed by atoms with Crippen molar-refractivity contribution in [1.82, 2.24) is 14.7 Å². The van der Waals surface area contributed by atoms with Crippen LogP contribution >= 0.6 is 0 Å². The van der Waals surface area contributed by atoms with Gasteiger partial charge in [-0.15, -0.1) is 0 Å². The number of benzene rings is 1. The zero-order valence-electron chi connectivity index (χ0n) is 19.0. The lowest BCUT2D eigenvalue weighted by atomic mass is 9.74. The van der Waals surface area contributed by atoms with Gasteiger partial charge in [0, 0.05) is 57.6 Å². The largest absolute Gasteiger partial charge is 0.379 e. The minimum Gasteiger partial charge on any atom is -0.379 e. The van der Waals surface area contributed by atoms with Crippen LogP contribution < -0.4 is 0 Å². The molecule has 3 aliphatic heterocycles. The number of amides is 2. The van der Waals surface area contributed by atoms with Gasteiger partial charge in [-0.05, 0) is 36.8 Å². The molecule has 4 aliphatic rings. The summed E-state index contributed by atoms with van der Waals surface area (Å²) in [6, 6.07) is 8.65. The first-order valence-corrected chi connectivity index (χ1v) is 12.3. The fourth-order valence-corrected chi connectivity index (χ4v) is 5.90. The van der Waals surface area contributed by atoms with Gasteiger partial charge in [-0.1, -0.05) is 36.4 Å². The average molecular weight is 438 g/mol. The number of piperidine rings is 2. The van der Waals surface area contributed by atoms with Crippen LogP contribution in [0.4, 0.5) is 0 Å². The van der Waals surface area contributed by atoms with Crippen molar-refractivity contribution in [3.63, 3.8) is 0 Å². The van der Waals surface area contributed by atoms with Gasteiger partial charge in [0.2, 0.25) is 11.8 Å². The van der Waals surface area contributed by atoms with Crippen LogP contribution in [0.1, 0.15) is 43.2 Å². The summed E-state index contributed by atoms with van der Waals surface area (Å²) in [7, 11) is 0. The van der Waals surface area contributed by atoms with Crippen molar-refractivity contribution in [2.45, 2.75) is 37.5 Å². The molecule has 3 fully saturated rings. The van der Waals surface area contributed by atoms with E-state index in [1.807, 2.05) is 4.90 Å². The third-order valence-corrected chi connectivity index (χ3v) is 7.90. The molecular formula is C26H35N3O3. The Morgan fingerprint density at radius 2 is 1.84 bits per heavy atom. The highest BCUT2D eigenvalue weighted by atomic mass is 16.5. The zero-order valence-corrected chi connectivity index (χ0v) is 19.0. The fourth-order valence-electron chi connectivity index (χ4n) is 5.90. The van der Waals surface area contributed by atoms with E-state index < -0.39 is 0 Å². The second-order valence-electron chi connectivity index (χ2n) is 9.78. The van der Waals surface area contributed by atoms with E-state index in [4.69, 9.17) is 4.74 Å². The van der Waals surface area contributed by atoms with Crippen molar-refractivity contribution in [1.29, 1.82) is 0 Å². The number of nitrogens with zero attached hydrogens (tertiary/aromatic N) is 3. The predicted molar refractivity (Wildman–Crippen MR) is 124 cm³/mol. The maximum atomic E-state index is 13.3. The van der Waals surface area contributed by atoms with E-state index in [2.05, 4.69) is 46.2 Å². The van der Waals surface area contributed by atoms with Gasteiger partial charge >= 0.3 is 0 Å². The third-order valence-electron chi connectivity index (χ3n) is 7.90. The molecule has 5 rings (SSSR count). The molecule has 3 heterocycles. The van der Waals surface area contributed by atoms with Crippen LogP contribution in [0.25, 0.3) is 6.08 Å². The van der Waals surface area contributed by atoms with Crippen LogP contribution in [0.15, 0.2) is 30.3 Å². The normalized spacial score (nSPS) is 25.4. The minimum atomic E-state index is -0.0449. The Kier molecular flexibility index (Phi) is 6.33. The standard InChI is InChI=1S/C26H35N3O3/c30-24-7-6-22(20-29(24)13-3-12-27-16-18-32-19-17-27)25(31)28-14-10-26(11-15-28)9-8-21-4-1-2-5-23(21)26/h1-2,4-5,8-9,22H,3,6-7,10-20H2/t22-/m0/s1. The molecule has 6 heteroatoms. The van der Waals surface area contributed by atoms with Gasteiger partial charge in [-0.25, -0.2) is 0 Å². The van der Waals surface area contributed by atoms with Crippen molar-refractivity contribution in [3.8, 4) is 0 Å². The van der Waals surface area contributed by atoms with Crippen molar-refractivity contribution < 1.29 is 14.3 Å². The first-order chi connectivity index (χ1) is 15.6. The molecule has 0 aromatic heterocycles. The Labute approximate surface area is 191 Å². The SMILES string of the molecule is O=C1CC[C@H](C(=O)N2CCC3(C=Cc4ccccc43)CC2)CN1CCCN1CCOCC1. The van der Waals surface area contributed by atoms with Gasteiger partial charge in [0.05, 0.1) is 19.1 Å². The van der Waals surface area contributed by atoms with Gasteiger partial charge in [-0.3, -0.25) is 14.5 Å². The molecule has 0 radical (unpaired) electrons. The summed E-state index contributed by atoms with van der Waals surface area (Å²) in [6.45, 7) is 7.51. The summed E-state index contributed by atoms with van der Waals surface area (Å²) in [4.78, 5) is 32.2. The second kappa shape index (κ2) is 9.36. The summed E-state index contributed by atoms with van der Waals surface area (Å²) in [6.07, 6.45) is 8.74. The summed E-state index contributed by atoms with van der Waals surface area (Å²) in [5.74, 6) is 0.415. The molecule has 172 valence electrons. The molecule has 1 aliphatic carbocycles. The number of likely N-dealkylation sites (tertiary alicyclic amines) is 2. The van der Waals surface area contributed by atoms with Crippen molar-refractivity contribution in [2.75, 3.05) is 59.0 Å². The predicted octanol–water partition coefficient (Wildman–Crippen LogP) is 2.53. The molecule has 0 N–H and O–H groups in total. The van der Waals surface area contributed by atoms with Gasteiger partial charge < -0.3 is 14.5 Å². The summed E-state index contributed by atoms with van der Waals surface area (Å²) >= 11 is 0. The molecule has 1 atom stereocenters. The molecule has 3 saturated heterocycles. The zero-order chi connectivity index (χ0) is 22.0. The molecule has 2 amide bonds. The Hall–Kier alpha value is -2.18. The number of hydrogen-bond acceptors (Lipinski definition) is 4. The Balaban J connectivity index is 1.13. The topological polar surface area (TPSA) is 53.1 Å². The number of fused-ring (bicyclic) bond motifs is 2. The van der Waals surface area contributed by atoms with Gasteiger partial charge in [-0.2, -0.15) is 0 Å². The van der Waals surface area contributed by atoms with Crippen LogP contribution in [0.3, 0.4) is 0 Å². The lowest BCUT2D eigenvalue weighted by Crippen LogP contribution is -2.51. The number of rotatable bonds is 5. The highest BCUT2D eigenvalue weighted by Gasteiger charge is 2.40. The van der Waals surface area contributed by atoms with Crippen LogP contribution in [0.5, 0.6) is 0 Å². The van der Waals surface area contributed by atoms with Crippen molar-refractivity contribution >= 4 is 17.9 Å². The van der Waals surface area contributed by atoms with Gasteiger partial charge in [0.1, 0.15) is 0 Å². The number of carbonyl (C=O) groups excluding carboxylic acids is 2. The first-order valence-electron chi connectivity index (χ1n) is 12.3. The van der Waals surface area contributed by atoms with Gasteiger partial charge in [0.25, 0.3) is 0 Å². The molecule has 1 aromatic carbocycles. The molecule has 0 unspecified atom stereocenters. The third kappa shape index (κ3) is 4.35. The Bertz CT molecular complexity index is 869. The number of hydrogen-bond donors (Lipinski definition) is 0. The van der Waals surface area contributed by atoms with E-state index in [-0.39, 0.29) is 23.1 Å². The van der Waals surface area contributed by atoms with Crippen LogP contribution in [0.2, 0.25) is 0 Å². The van der Waals surface area contributed by atoms with Crippen LogP contribution in [0, 0.1) is 5.92 Å². The van der Waals surface area contributed by atoms with Crippen molar-refractivity contribution in [2.24, 2.45) is 5.92 Å². The lowest BCUT2D eigenvalue weighted by molar-refractivity contribution is -0.144. The fraction of sp³-hybridized carbons (Fsp3) is 0.615. The molecule has 6 nitrogen and oxygen atoms in total. The first kappa shape index (κ1) is 21.7. The number of carbonyl (C=O) groups is 2. The van der Waals surface area contributed by atoms with E-state index in [0.717, 1.165) is 71.7 Å². The van der Waals surface area contributed by atoms with Crippen LogP contribution in [-0.4, -0.2) is 85.5 Å². The molecular weight excluding hydrogens is 402 g/mol. The maximum absolute atomic E-state index is 13.3. The minimum absolute atomic E-state index is 0.0449. The number of morpholine rings is 1. The molecule has 0 bridgehead atoms. The summed E-state index contributed by atoms with van der Waals surface area (Å²) < 4.78 is 5.41. The summed E-state index contributed by atoms with van der Waals surface area (Å²) in [5.41, 5.74) is 2.84. The second-order valence-corrected chi connectivity index (χ2v) is 9.78. The van der Waals surface area contributed by atoms with Crippen LogP contribution in [-0.2, 0) is 19.7 Å². The summed E-state index contributed by atoms with van der Waals surface area (Å²) in [5, 5.41) is 0. The van der Waals surface area contributed by atoms with E-state index in [1.54, 1.807) is 0 Å². The van der Waals surface area contributed by atoms with E-state index in [9.17, 15) is 9.59 Å². The number of allylic oxidation sites excluding steroid dienone is 1. The smallest absolute Gasteiger partial charge is 0.227 e. The lowest BCUT2D eigenvalue weighted by Gasteiger charge is -2.41.